The van der Waals surface area contributed by atoms with Crippen molar-refractivity contribution in [2.24, 2.45) is 5.73 Å². The van der Waals surface area contributed by atoms with Crippen LogP contribution in [-0.4, -0.2) is 24.0 Å². The number of thiophene rings is 1. The predicted molar refractivity (Wildman–Crippen MR) is 96.8 cm³/mol. The van der Waals surface area contributed by atoms with Crippen LogP contribution in [-0.2, 0) is 4.79 Å². The van der Waals surface area contributed by atoms with Crippen molar-refractivity contribution >= 4 is 33.2 Å². The van der Waals surface area contributed by atoms with Crippen molar-refractivity contribution in [3.63, 3.8) is 0 Å². The van der Waals surface area contributed by atoms with Crippen LogP contribution in [0.1, 0.15) is 16.5 Å². The van der Waals surface area contributed by atoms with Crippen molar-refractivity contribution in [2.75, 3.05) is 7.11 Å². The Labute approximate surface area is 152 Å². The molecule has 0 fully saturated rings. The fraction of sp³-hybridized carbons (Fsp3) is 0.111. The summed E-state index contributed by atoms with van der Waals surface area (Å²) in [5, 5.41) is 17.8. The molecule has 0 saturated heterocycles. The molecule has 0 aliphatic carbocycles. The number of hydrogen-bond donors (Lipinski definition) is 3. The van der Waals surface area contributed by atoms with Gasteiger partial charge in [0.15, 0.2) is 11.6 Å². The molecule has 1 aromatic heterocycles. The summed E-state index contributed by atoms with van der Waals surface area (Å²) in [5.41, 5.74) is 5.65. The Morgan fingerprint density at radius 3 is 2.65 bits per heavy atom. The van der Waals surface area contributed by atoms with E-state index in [9.17, 15) is 14.3 Å². The summed E-state index contributed by atoms with van der Waals surface area (Å²) in [6.07, 6.45) is -1.37. The molecule has 4 N–H and O–H groups in total. The molecular formula is C18H15FN2O4S. The number of carboxylic acid groups (broad SMARTS) is 1. The number of nitrogens with one attached hydrogen (secondary N) is 1. The Morgan fingerprint density at radius 2 is 2.04 bits per heavy atom. The molecule has 0 aliphatic heterocycles. The van der Waals surface area contributed by atoms with Crippen molar-refractivity contribution in [1.82, 2.24) is 0 Å². The van der Waals surface area contributed by atoms with Crippen LogP contribution in [0.4, 0.5) is 4.39 Å². The first-order valence-corrected chi connectivity index (χ1v) is 8.31. The van der Waals surface area contributed by atoms with Crippen LogP contribution in [0, 0.1) is 11.2 Å². The maximum atomic E-state index is 13.9. The highest BCUT2D eigenvalue weighted by atomic mass is 32.1. The van der Waals surface area contributed by atoms with E-state index in [4.69, 9.17) is 20.6 Å². The van der Waals surface area contributed by atoms with Gasteiger partial charge in [-0.05, 0) is 41.8 Å². The van der Waals surface area contributed by atoms with E-state index < -0.39 is 17.9 Å². The molecule has 0 saturated carbocycles. The number of fused-ring (bicyclic) bond motifs is 1. The third kappa shape index (κ3) is 3.45. The van der Waals surface area contributed by atoms with Gasteiger partial charge in [-0.2, -0.15) is 0 Å². The van der Waals surface area contributed by atoms with Gasteiger partial charge in [-0.15, -0.1) is 11.3 Å². The fourth-order valence-electron chi connectivity index (χ4n) is 2.46. The van der Waals surface area contributed by atoms with Gasteiger partial charge >= 0.3 is 5.97 Å². The van der Waals surface area contributed by atoms with Crippen LogP contribution in [0.3, 0.4) is 0 Å². The molecule has 3 rings (SSSR count). The lowest BCUT2D eigenvalue weighted by Gasteiger charge is -2.16. The second kappa shape index (κ2) is 7.01. The molecule has 134 valence electrons. The number of ether oxygens (including phenoxy) is 2. The number of benzene rings is 2. The monoisotopic (exact) mass is 374 g/mol. The largest absolute Gasteiger partial charge is 0.494 e. The summed E-state index contributed by atoms with van der Waals surface area (Å²) in [7, 11) is 1.33. The highest BCUT2D eigenvalue weighted by Crippen LogP contribution is 2.32. The average molecular weight is 374 g/mol. The lowest BCUT2D eigenvalue weighted by atomic mass is 10.1. The molecule has 1 atom stereocenters. The molecule has 0 aliphatic rings. The zero-order chi connectivity index (χ0) is 18.8. The van der Waals surface area contributed by atoms with E-state index in [1.807, 2.05) is 0 Å². The molecule has 2 aromatic carbocycles. The number of halogens is 1. The topological polar surface area (TPSA) is 106 Å². The molecule has 8 heteroatoms. The normalized spacial score (nSPS) is 11.9. The third-order valence-electron chi connectivity index (χ3n) is 3.71. The fourth-order valence-corrected chi connectivity index (χ4v) is 3.41. The smallest absolute Gasteiger partial charge is 0.349 e. The van der Waals surface area contributed by atoms with E-state index in [-0.39, 0.29) is 17.1 Å². The quantitative estimate of drug-likeness (QED) is 0.452. The first-order valence-electron chi connectivity index (χ1n) is 7.50. The summed E-state index contributed by atoms with van der Waals surface area (Å²) in [5.74, 6) is -1.61. The van der Waals surface area contributed by atoms with Crippen LogP contribution >= 0.6 is 11.3 Å². The number of methoxy groups -OCH3 is 1. The Morgan fingerprint density at radius 1 is 1.27 bits per heavy atom. The van der Waals surface area contributed by atoms with Gasteiger partial charge in [0.2, 0.25) is 6.10 Å². The summed E-state index contributed by atoms with van der Waals surface area (Å²) < 4.78 is 25.1. The van der Waals surface area contributed by atoms with Crippen molar-refractivity contribution in [2.45, 2.75) is 6.10 Å². The Balaban J connectivity index is 1.93. The number of amidine groups is 1. The lowest BCUT2D eigenvalue weighted by Crippen LogP contribution is -2.18. The summed E-state index contributed by atoms with van der Waals surface area (Å²) >= 11 is 1.30. The van der Waals surface area contributed by atoms with Crippen LogP contribution < -0.4 is 15.2 Å². The van der Waals surface area contributed by atoms with E-state index >= 15 is 0 Å². The number of aliphatic carboxylic acids is 1. The van der Waals surface area contributed by atoms with Gasteiger partial charge in [-0.3, -0.25) is 5.41 Å². The van der Waals surface area contributed by atoms with E-state index in [1.54, 1.807) is 24.3 Å². The highest BCUT2D eigenvalue weighted by Gasteiger charge is 2.23. The lowest BCUT2D eigenvalue weighted by molar-refractivity contribution is -0.145. The molecule has 3 aromatic rings. The zero-order valence-electron chi connectivity index (χ0n) is 13.7. The first kappa shape index (κ1) is 17.7. The molecule has 1 unspecified atom stereocenters. The van der Waals surface area contributed by atoms with Crippen LogP contribution in [0.5, 0.6) is 11.5 Å². The maximum Gasteiger partial charge on any atom is 0.349 e. The Kier molecular flexibility index (Phi) is 4.77. The molecular weight excluding hydrogens is 359 g/mol. The Hall–Kier alpha value is -3.13. The molecule has 0 spiro atoms. The molecule has 26 heavy (non-hydrogen) atoms. The van der Waals surface area contributed by atoms with Gasteiger partial charge in [0, 0.05) is 10.3 Å². The minimum atomic E-state index is -1.37. The van der Waals surface area contributed by atoms with Crippen molar-refractivity contribution in [1.29, 1.82) is 5.41 Å². The van der Waals surface area contributed by atoms with Gasteiger partial charge in [-0.25, -0.2) is 9.18 Å². The van der Waals surface area contributed by atoms with Gasteiger partial charge in [0.25, 0.3) is 0 Å². The first-order chi connectivity index (χ1) is 12.4. The van der Waals surface area contributed by atoms with E-state index in [0.29, 0.717) is 10.6 Å². The molecule has 6 nitrogen and oxygen atoms in total. The van der Waals surface area contributed by atoms with E-state index in [2.05, 4.69) is 0 Å². The van der Waals surface area contributed by atoms with Crippen LogP contribution in [0.15, 0.2) is 42.5 Å². The van der Waals surface area contributed by atoms with Crippen LogP contribution in [0.2, 0.25) is 0 Å². The molecule has 0 radical (unpaired) electrons. The van der Waals surface area contributed by atoms with E-state index in [0.717, 1.165) is 16.2 Å². The maximum absolute atomic E-state index is 13.9. The van der Waals surface area contributed by atoms with Crippen LogP contribution in [0.25, 0.3) is 10.1 Å². The minimum absolute atomic E-state index is 0.0228. The number of carbonyl (C=O) groups is 1. The predicted octanol–water partition coefficient (Wildman–Crippen LogP) is 3.54. The summed E-state index contributed by atoms with van der Waals surface area (Å²) in [4.78, 5) is 12.2. The molecule has 1 heterocycles. The minimum Gasteiger partial charge on any atom is -0.494 e. The number of rotatable bonds is 6. The van der Waals surface area contributed by atoms with E-state index in [1.165, 1.54) is 30.6 Å². The molecule has 0 bridgehead atoms. The number of carboxylic acids is 1. The number of nitrogen functional groups attached to an aromatic ring is 1. The summed E-state index contributed by atoms with van der Waals surface area (Å²) in [6, 6.07) is 10.7. The van der Waals surface area contributed by atoms with Crippen molar-refractivity contribution < 1.29 is 23.8 Å². The molecule has 0 amide bonds. The van der Waals surface area contributed by atoms with Gasteiger partial charge < -0.3 is 20.3 Å². The zero-order valence-corrected chi connectivity index (χ0v) is 14.5. The SMILES string of the molecule is COc1ccc(C(Oc2ccc3cc(C(=N)N)sc3c2)C(=O)O)cc1F. The average Bonchev–Trinajstić information content (AvgIpc) is 3.03. The third-order valence-corrected chi connectivity index (χ3v) is 4.84. The second-order valence-electron chi connectivity index (χ2n) is 5.45. The highest BCUT2D eigenvalue weighted by molar-refractivity contribution is 7.20. The van der Waals surface area contributed by atoms with Gasteiger partial charge in [0.1, 0.15) is 11.6 Å². The summed E-state index contributed by atoms with van der Waals surface area (Å²) in [6.45, 7) is 0. The number of hydrogen-bond acceptors (Lipinski definition) is 5. The standard InChI is InChI=1S/C18H15FN2O4S/c1-24-13-5-3-10(6-12(13)19)16(18(22)23)25-11-4-2-9-7-15(17(20)21)26-14(9)8-11/h2-8,16H,1H3,(H3,20,21)(H,22,23). The van der Waals surface area contributed by atoms with Gasteiger partial charge in [0.05, 0.1) is 12.0 Å². The number of nitrogens with two attached hydrogens (primary N) is 1. The Bertz CT molecular complexity index is 1000. The van der Waals surface area contributed by atoms with Crippen molar-refractivity contribution in [3.05, 3.63) is 58.7 Å². The van der Waals surface area contributed by atoms with Gasteiger partial charge in [-0.1, -0.05) is 6.07 Å². The van der Waals surface area contributed by atoms with Crippen molar-refractivity contribution in [3.8, 4) is 11.5 Å². The second-order valence-corrected chi connectivity index (χ2v) is 6.54.